The average Bonchev–Trinajstić information content (AvgIpc) is 3.09. The van der Waals surface area contributed by atoms with Crippen molar-refractivity contribution >= 4 is 11.7 Å². The molecule has 0 spiro atoms. The number of pyridine rings is 1. The molecule has 2 aliphatic heterocycles. The fourth-order valence-corrected chi connectivity index (χ4v) is 3.60. The molecule has 1 amide bonds. The summed E-state index contributed by atoms with van der Waals surface area (Å²) in [5.74, 6) is 0.722. The maximum atomic E-state index is 12.8. The van der Waals surface area contributed by atoms with Crippen LogP contribution in [0.4, 0.5) is 5.82 Å². The monoisotopic (exact) mass is 369 g/mol. The van der Waals surface area contributed by atoms with Crippen molar-refractivity contribution in [2.24, 2.45) is 5.92 Å². The molecule has 27 heavy (non-hydrogen) atoms. The van der Waals surface area contributed by atoms with Gasteiger partial charge in [0.15, 0.2) is 0 Å². The molecule has 0 aliphatic carbocycles. The van der Waals surface area contributed by atoms with Crippen molar-refractivity contribution < 1.29 is 14.6 Å². The van der Waals surface area contributed by atoms with Crippen molar-refractivity contribution in [3.8, 4) is 0 Å². The summed E-state index contributed by atoms with van der Waals surface area (Å²) in [4.78, 5) is 29.4. The number of amides is 1. The maximum absolute atomic E-state index is 12.8. The lowest BCUT2D eigenvalue weighted by Gasteiger charge is -2.27. The minimum atomic E-state index is -0.559. The van der Waals surface area contributed by atoms with Gasteiger partial charge in [0.05, 0.1) is 30.6 Å². The number of anilines is 1. The van der Waals surface area contributed by atoms with Crippen molar-refractivity contribution in [1.82, 2.24) is 19.9 Å². The molecule has 2 atom stereocenters. The van der Waals surface area contributed by atoms with Crippen LogP contribution in [-0.4, -0.2) is 76.4 Å². The highest BCUT2D eigenvalue weighted by Gasteiger charge is 2.34. The molecule has 0 radical (unpaired) electrons. The Morgan fingerprint density at radius 1 is 1.15 bits per heavy atom. The second kappa shape index (κ2) is 7.98. The van der Waals surface area contributed by atoms with Crippen molar-refractivity contribution in [3.05, 3.63) is 48.2 Å². The Hall–Kier alpha value is -2.58. The summed E-state index contributed by atoms with van der Waals surface area (Å²) in [5, 5.41) is 10.4. The van der Waals surface area contributed by atoms with Crippen LogP contribution in [0.5, 0.6) is 0 Å². The number of morpholine rings is 1. The number of nitrogens with zero attached hydrogens (tertiary/aromatic N) is 5. The molecule has 2 aromatic rings. The highest BCUT2D eigenvalue weighted by Crippen LogP contribution is 2.23. The number of rotatable bonds is 4. The van der Waals surface area contributed by atoms with E-state index < -0.39 is 6.10 Å². The van der Waals surface area contributed by atoms with E-state index in [4.69, 9.17) is 4.74 Å². The SMILES string of the molecule is O=C(c1ccc(N2CCOCC2)nc1)N1C[C@@H](Cc2cnccn2)[C@H](O)C1. The summed E-state index contributed by atoms with van der Waals surface area (Å²) in [6.07, 6.45) is 6.63. The van der Waals surface area contributed by atoms with E-state index >= 15 is 0 Å². The molecule has 8 heteroatoms. The highest BCUT2D eigenvalue weighted by atomic mass is 16.5. The average molecular weight is 369 g/mol. The normalized spacial score (nSPS) is 22.9. The number of ether oxygens (including phenoxy) is 1. The number of hydrogen-bond donors (Lipinski definition) is 1. The molecular weight excluding hydrogens is 346 g/mol. The predicted octanol–water partition coefficient (Wildman–Crippen LogP) is 0.384. The Balaban J connectivity index is 1.39. The summed E-state index contributed by atoms with van der Waals surface area (Å²) in [6, 6.07) is 3.69. The summed E-state index contributed by atoms with van der Waals surface area (Å²) >= 11 is 0. The first-order valence-electron chi connectivity index (χ1n) is 9.21. The maximum Gasteiger partial charge on any atom is 0.255 e. The van der Waals surface area contributed by atoms with Gasteiger partial charge < -0.3 is 19.6 Å². The topological polar surface area (TPSA) is 91.7 Å². The number of carbonyl (C=O) groups is 1. The Kier molecular flexibility index (Phi) is 5.26. The minimum Gasteiger partial charge on any atom is -0.391 e. The minimum absolute atomic E-state index is 0.0359. The molecule has 1 N–H and O–H groups in total. The standard InChI is InChI=1S/C19H23N5O3/c25-17-13-24(12-15(17)9-16-11-20-3-4-21-16)19(26)14-1-2-18(22-10-14)23-5-7-27-8-6-23/h1-4,10-11,15,17,25H,5-9,12-13H2/t15-,17-/m1/s1. The Labute approximate surface area is 157 Å². The second-order valence-electron chi connectivity index (χ2n) is 6.94. The van der Waals surface area contributed by atoms with E-state index in [1.54, 1.807) is 29.7 Å². The molecule has 0 bridgehead atoms. The first-order chi connectivity index (χ1) is 13.2. The van der Waals surface area contributed by atoms with Gasteiger partial charge >= 0.3 is 0 Å². The first kappa shape index (κ1) is 17.8. The quantitative estimate of drug-likeness (QED) is 0.833. The van der Waals surface area contributed by atoms with Gasteiger partial charge in [0.1, 0.15) is 5.82 Å². The zero-order valence-corrected chi connectivity index (χ0v) is 15.1. The molecular formula is C19H23N5O3. The Morgan fingerprint density at radius 2 is 2.00 bits per heavy atom. The van der Waals surface area contributed by atoms with E-state index in [0.29, 0.717) is 38.3 Å². The van der Waals surface area contributed by atoms with Crippen LogP contribution in [-0.2, 0) is 11.2 Å². The summed E-state index contributed by atoms with van der Waals surface area (Å²) in [7, 11) is 0. The zero-order valence-electron chi connectivity index (χ0n) is 15.1. The Bertz CT molecular complexity index is 765. The summed E-state index contributed by atoms with van der Waals surface area (Å²) in [6.45, 7) is 3.84. The highest BCUT2D eigenvalue weighted by molar-refractivity contribution is 5.94. The lowest BCUT2D eigenvalue weighted by molar-refractivity contribution is 0.0764. The number of aliphatic hydroxyl groups excluding tert-OH is 1. The molecule has 0 aromatic carbocycles. The fraction of sp³-hybridized carbons (Fsp3) is 0.474. The van der Waals surface area contributed by atoms with Gasteiger partial charge in [-0.15, -0.1) is 0 Å². The van der Waals surface area contributed by atoms with Crippen LogP contribution >= 0.6 is 0 Å². The molecule has 2 aliphatic rings. The number of carbonyl (C=O) groups excluding carboxylic acids is 1. The van der Waals surface area contributed by atoms with Gasteiger partial charge in [-0.1, -0.05) is 0 Å². The van der Waals surface area contributed by atoms with E-state index in [-0.39, 0.29) is 11.8 Å². The number of aromatic nitrogens is 3. The van der Waals surface area contributed by atoms with Crippen LogP contribution in [0.15, 0.2) is 36.9 Å². The van der Waals surface area contributed by atoms with Crippen LogP contribution in [0.1, 0.15) is 16.1 Å². The number of aliphatic hydroxyl groups is 1. The van der Waals surface area contributed by atoms with Gasteiger partial charge in [-0.25, -0.2) is 4.98 Å². The van der Waals surface area contributed by atoms with Crippen LogP contribution in [0.25, 0.3) is 0 Å². The van der Waals surface area contributed by atoms with Gasteiger partial charge in [-0.3, -0.25) is 14.8 Å². The fourth-order valence-electron chi connectivity index (χ4n) is 3.60. The van der Waals surface area contributed by atoms with Gasteiger partial charge in [0.2, 0.25) is 0 Å². The summed E-state index contributed by atoms with van der Waals surface area (Å²) < 4.78 is 5.35. The molecule has 2 aromatic heterocycles. The van der Waals surface area contributed by atoms with E-state index in [1.807, 2.05) is 12.1 Å². The lowest BCUT2D eigenvalue weighted by atomic mass is 10.0. The van der Waals surface area contributed by atoms with Gasteiger partial charge in [0, 0.05) is 56.9 Å². The van der Waals surface area contributed by atoms with Crippen molar-refractivity contribution in [2.75, 3.05) is 44.3 Å². The lowest BCUT2D eigenvalue weighted by Crippen LogP contribution is -2.36. The van der Waals surface area contributed by atoms with Gasteiger partial charge in [-0.2, -0.15) is 0 Å². The third-order valence-corrected chi connectivity index (χ3v) is 5.11. The van der Waals surface area contributed by atoms with E-state index in [0.717, 1.165) is 24.6 Å². The number of likely N-dealkylation sites (tertiary alicyclic amines) is 1. The molecule has 0 unspecified atom stereocenters. The molecule has 2 saturated heterocycles. The van der Waals surface area contributed by atoms with E-state index in [9.17, 15) is 9.90 Å². The second-order valence-corrected chi connectivity index (χ2v) is 6.94. The smallest absolute Gasteiger partial charge is 0.255 e. The van der Waals surface area contributed by atoms with Crippen LogP contribution in [0.2, 0.25) is 0 Å². The Morgan fingerprint density at radius 3 is 2.70 bits per heavy atom. The number of hydrogen-bond acceptors (Lipinski definition) is 7. The van der Waals surface area contributed by atoms with Crippen molar-refractivity contribution in [2.45, 2.75) is 12.5 Å². The largest absolute Gasteiger partial charge is 0.391 e. The van der Waals surface area contributed by atoms with E-state index in [2.05, 4.69) is 19.9 Å². The summed E-state index contributed by atoms with van der Waals surface area (Å²) in [5.41, 5.74) is 1.37. The molecule has 8 nitrogen and oxygen atoms in total. The van der Waals surface area contributed by atoms with Crippen molar-refractivity contribution in [3.63, 3.8) is 0 Å². The molecule has 142 valence electrons. The molecule has 4 rings (SSSR count). The molecule has 2 fully saturated rings. The molecule has 0 saturated carbocycles. The van der Waals surface area contributed by atoms with Crippen LogP contribution in [0, 0.1) is 5.92 Å². The van der Waals surface area contributed by atoms with Crippen LogP contribution in [0.3, 0.4) is 0 Å². The van der Waals surface area contributed by atoms with E-state index in [1.165, 1.54) is 0 Å². The van der Waals surface area contributed by atoms with Crippen molar-refractivity contribution in [1.29, 1.82) is 0 Å². The molecule has 4 heterocycles. The third kappa shape index (κ3) is 4.06. The first-order valence-corrected chi connectivity index (χ1v) is 9.21. The zero-order chi connectivity index (χ0) is 18.6. The van der Waals surface area contributed by atoms with Gasteiger partial charge in [-0.05, 0) is 18.6 Å². The van der Waals surface area contributed by atoms with Crippen LogP contribution < -0.4 is 4.90 Å². The predicted molar refractivity (Wildman–Crippen MR) is 98.4 cm³/mol. The number of β-amino-alcohol motifs (C(OH)–C–C–N with tert-alkyl or cyclic N) is 1. The third-order valence-electron chi connectivity index (χ3n) is 5.11. The van der Waals surface area contributed by atoms with Gasteiger partial charge in [0.25, 0.3) is 5.91 Å².